The van der Waals surface area contributed by atoms with Crippen LogP contribution in [0.25, 0.3) is 0 Å². The van der Waals surface area contributed by atoms with Crippen LogP contribution in [0.4, 0.5) is 0 Å². The van der Waals surface area contributed by atoms with Gasteiger partial charge < -0.3 is 14.2 Å². The molecule has 0 saturated heterocycles. The van der Waals surface area contributed by atoms with Crippen molar-refractivity contribution in [3.63, 3.8) is 0 Å². The van der Waals surface area contributed by atoms with Crippen molar-refractivity contribution >= 4 is 17.9 Å². The monoisotopic (exact) mass is 807 g/mol. The summed E-state index contributed by atoms with van der Waals surface area (Å²) in [6.45, 7) is 8.97. The molecule has 0 unspecified atom stereocenters. The second-order valence-corrected chi connectivity index (χ2v) is 17.9. The Balaban J connectivity index is 4.28. The molecule has 0 radical (unpaired) electrons. The minimum Gasteiger partial charge on any atom is -0.462 e. The van der Waals surface area contributed by atoms with E-state index in [1.807, 2.05) is 0 Å². The van der Waals surface area contributed by atoms with Gasteiger partial charge in [0.1, 0.15) is 13.2 Å². The Hall–Kier alpha value is -1.59. The maximum Gasteiger partial charge on any atom is 0.306 e. The van der Waals surface area contributed by atoms with Crippen LogP contribution in [0.3, 0.4) is 0 Å². The molecule has 6 nitrogen and oxygen atoms in total. The Bertz CT molecular complexity index is 857. The summed E-state index contributed by atoms with van der Waals surface area (Å²) in [4.78, 5) is 37.8. The minimum absolute atomic E-state index is 0.0634. The number of esters is 3. The van der Waals surface area contributed by atoms with E-state index in [0.29, 0.717) is 19.3 Å². The number of ether oxygens (including phenoxy) is 3. The van der Waals surface area contributed by atoms with E-state index in [2.05, 4.69) is 27.7 Å². The molecule has 0 aliphatic rings. The number of hydrogen-bond donors (Lipinski definition) is 0. The molecule has 0 aromatic rings. The summed E-state index contributed by atoms with van der Waals surface area (Å²) < 4.78 is 16.8. The first-order chi connectivity index (χ1) is 27.9. The third kappa shape index (κ3) is 45.3. The van der Waals surface area contributed by atoms with Crippen LogP contribution in [0.15, 0.2) is 0 Å². The summed E-state index contributed by atoms with van der Waals surface area (Å²) in [6.07, 6.45) is 46.6. The fourth-order valence-corrected chi connectivity index (χ4v) is 7.69. The molecule has 0 heterocycles. The first-order valence-corrected chi connectivity index (χ1v) is 25.4. The molecular formula is C51H98O6. The second kappa shape index (κ2) is 45.5. The molecule has 0 rings (SSSR count). The molecule has 1 atom stereocenters. The van der Waals surface area contributed by atoms with Crippen LogP contribution in [-0.4, -0.2) is 37.2 Å². The molecule has 0 spiro atoms. The van der Waals surface area contributed by atoms with Gasteiger partial charge in [-0.1, -0.05) is 246 Å². The fraction of sp³-hybridized carbons (Fsp3) is 0.941. The zero-order chi connectivity index (χ0) is 41.7. The highest BCUT2D eigenvalue weighted by atomic mass is 16.6. The van der Waals surface area contributed by atoms with E-state index in [1.165, 1.54) is 180 Å². The standard InChI is InChI=1S/C51H98O6/c1-5-7-9-11-13-15-17-19-20-21-23-24-26-30-34-38-42-49(52)55-45-48(46-56-50(53)43-39-35-32-28-29-33-37-41-47(3)4)57-51(54)44-40-36-31-27-25-22-18-16-14-12-10-8-6-2/h47-48H,5-46H2,1-4H3/t48-/m1/s1. The zero-order valence-corrected chi connectivity index (χ0v) is 38.8. The van der Waals surface area contributed by atoms with Gasteiger partial charge >= 0.3 is 17.9 Å². The van der Waals surface area contributed by atoms with Crippen LogP contribution in [0, 0.1) is 5.92 Å². The second-order valence-electron chi connectivity index (χ2n) is 17.9. The Morgan fingerprint density at radius 3 is 0.860 bits per heavy atom. The van der Waals surface area contributed by atoms with Crippen molar-refractivity contribution in [3.05, 3.63) is 0 Å². The van der Waals surface area contributed by atoms with Crippen molar-refractivity contribution in [2.24, 2.45) is 5.92 Å². The van der Waals surface area contributed by atoms with E-state index in [9.17, 15) is 14.4 Å². The first kappa shape index (κ1) is 55.4. The lowest BCUT2D eigenvalue weighted by Crippen LogP contribution is -2.30. The van der Waals surface area contributed by atoms with Crippen molar-refractivity contribution in [2.45, 2.75) is 291 Å². The van der Waals surface area contributed by atoms with Crippen molar-refractivity contribution in [1.29, 1.82) is 0 Å². The quantitative estimate of drug-likeness (QED) is 0.0346. The van der Waals surface area contributed by atoms with Gasteiger partial charge in [0.05, 0.1) is 0 Å². The number of unbranched alkanes of at least 4 members (excludes halogenated alkanes) is 33. The van der Waals surface area contributed by atoms with Crippen molar-refractivity contribution in [1.82, 2.24) is 0 Å². The van der Waals surface area contributed by atoms with Crippen molar-refractivity contribution < 1.29 is 28.6 Å². The highest BCUT2D eigenvalue weighted by Crippen LogP contribution is 2.17. The van der Waals surface area contributed by atoms with Gasteiger partial charge in [-0.3, -0.25) is 14.4 Å². The number of rotatable bonds is 46. The van der Waals surface area contributed by atoms with Crippen molar-refractivity contribution in [3.8, 4) is 0 Å². The highest BCUT2D eigenvalue weighted by molar-refractivity contribution is 5.71. The van der Waals surface area contributed by atoms with E-state index in [-0.39, 0.29) is 31.1 Å². The maximum atomic E-state index is 12.8. The Morgan fingerprint density at radius 1 is 0.333 bits per heavy atom. The Labute approximate surface area is 355 Å². The molecule has 57 heavy (non-hydrogen) atoms. The fourth-order valence-electron chi connectivity index (χ4n) is 7.69. The van der Waals surface area contributed by atoms with E-state index < -0.39 is 6.10 Å². The number of carbonyl (C=O) groups is 3. The summed E-state index contributed by atoms with van der Waals surface area (Å²) in [6, 6.07) is 0. The summed E-state index contributed by atoms with van der Waals surface area (Å²) in [7, 11) is 0. The zero-order valence-electron chi connectivity index (χ0n) is 38.8. The molecule has 0 saturated carbocycles. The molecule has 0 aliphatic heterocycles. The third-order valence-corrected chi connectivity index (χ3v) is 11.5. The summed E-state index contributed by atoms with van der Waals surface area (Å²) in [5.74, 6) is -0.0671. The van der Waals surface area contributed by atoms with Gasteiger partial charge in [-0.15, -0.1) is 0 Å². The van der Waals surface area contributed by atoms with Gasteiger partial charge in [-0.05, 0) is 25.2 Å². The lowest BCUT2D eigenvalue weighted by Gasteiger charge is -2.18. The van der Waals surface area contributed by atoms with Crippen LogP contribution in [0.5, 0.6) is 0 Å². The Kier molecular flexibility index (Phi) is 44.2. The normalized spacial score (nSPS) is 11.9. The Morgan fingerprint density at radius 2 is 0.579 bits per heavy atom. The topological polar surface area (TPSA) is 78.9 Å². The van der Waals surface area contributed by atoms with E-state index >= 15 is 0 Å². The molecule has 6 heteroatoms. The van der Waals surface area contributed by atoms with Gasteiger partial charge in [0.25, 0.3) is 0 Å². The summed E-state index contributed by atoms with van der Waals surface area (Å²) >= 11 is 0. The average Bonchev–Trinajstić information content (AvgIpc) is 3.19. The predicted octanol–water partition coefficient (Wildman–Crippen LogP) is 16.3. The van der Waals surface area contributed by atoms with Gasteiger partial charge in [0.15, 0.2) is 6.10 Å². The molecule has 338 valence electrons. The summed E-state index contributed by atoms with van der Waals surface area (Å²) in [5.41, 5.74) is 0. The molecule has 0 aliphatic carbocycles. The van der Waals surface area contributed by atoms with E-state index in [4.69, 9.17) is 14.2 Å². The minimum atomic E-state index is -0.760. The molecule has 0 aromatic heterocycles. The van der Waals surface area contributed by atoms with Crippen molar-refractivity contribution in [2.75, 3.05) is 13.2 Å². The van der Waals surface area contributed by atoms with Crippen LogP contribution in [0.1, 0.15) is 285 Å². The van der Waals surface area contributed by atoms with Crippen LogP contribution < -0.4 is 0 Å². The predicted molar refractivity (Wildman–Crippen MR) is 243 cm³/mol. The van der Waals surface area contributed by atoms with Crippen LogP contribution in [0.2, 0.25) is 0 Å². The lowest BCUT2D eigenvalue weighted by atomic mass is 10.0. The molecule has 0 N–H and O–H groups in total. The average molecular weight is 807 g/mol. The number of carbonyl (C=O) groups excluding carboxylic acids is 3. The van der Waals surface area contributed by atoms with Gasteiger partial charge in [-0.2, -0.15) is 0 Å². The first-order valence-electron chi connectivity index (χ1n) is 25.4. The molecule has 0 amide bonds. The highest BCUT2D eigenvalue weighted by Gasteiger charge is 2.19. The smallest absolute Gasteiger partial charge is 0.306 e. The molecule has 0 aromatic carbocycles. The molecule has 0 fully saturated rings. The molecule has 0 bridgehead atoms. The van der Waals surface area contributed by atoms with E-state index in [0.717, 1.165) is 63.7 Å². The van der Waals surface area contributed by atoms with Gasteiger partial charge in [0.2, 0.25) is 0 Å². The number of hydrogen-bond acceptors (Lipinski definition) is 6. The van der Waals surface area contributed by atoms with Crippen LogP contribution in [-0.2, 0) is 28.6 Å². The third-order valence-electron chi connectivity index (χ3n) is 11.5. The summed E-state index contributed by atoms with van der Waals surface area (Å²) in [5, 5.41) is 0. The maximum absolute atomic E-state index is 12.8. The lowest BCUT2D eigenvalue weighted by molar-refractivity contribution is -0.167. The van der Waals surface area contributed by atoms with Gasteiger partial charge in [0, 0.05) is 19.3 Å². The van der Waals surface area contributed by atoms with E-state index in [1.54, 1.807) is 0 Å². The van der Waals surface area contributed by atoms with Gasteiger partial charge in [-0.25, -0.2) is 0 Å². The van der Waals surface area contributed by atoms with Crippen LogP contribution >= 0.6 is 0 Å². The largest absolute Gasteiger partial charge is 0.462 e. The molecular weight excluding hydrogens is 709 g/mol. The SMILES string of the molecule is CCCCCCCCCCCCCCCCCCC(=O)OC[C@H](COC(=O)CCCCCCCCCC(C)C)OC(=O)CCCCCCCCCCCCCCC.